The Kier molecular flexibility index (Phi) is 8.16. The number of nitrogens with zero attached hydrogens (tertiary/aromatic N) is 3. The topological polar surface area (TPSA) is 66.6 Å². The van der Waals surface area contributed by atoms with Crippen molar-refractivity contribution in [1.82, 2.24) is 4.68 Å². The van der Waals surface area contributed by atoms with E-state index in [1.165, 1.54) is 0 Å². The van der Waals surface area contributed by atoms with Crippen LogP contribution in [-0.4, -0.2) is 44.9 Å². The Morgan fingerprint density at radius 2 is 1.64 bits per heavy atom. The number of aromatic nitrogens is 1. The number of rotatable bonds is 9. The molecule has 0 spiro atoms. The second-order valence-corrected chi connectivity index (χ2v) is 8.31. The molecule has 2 aromatic carbocycles. The molecule has 1 aromatic heterocycles. The first-order valence-electron chi connectivity index (χ1n) is 10.7. The summed E-state index contributed by atoms with van der Waals surface area (Å²) < 4.78 is 23.8. The van der Waals surface area contributed by atoms with E-state index in [1.807, 2.05) is 41.1 Å². The van der Waals surface area contributed by atoms with Gasteiger partial charge in [0.05, 0.1) is 39.8 Å². The Labute approximate surface area is 198 Å². The van der Waals surface area contributed by atoms with Crippen LogP contribution in [0.3, 0.4) is 0 Å². The monoisotopic (exact) mass is 469 g/mol. The normalized spacial score (nSPS) is 12.2. The van der Waals surface area contributed by atoms with Gasteiger partial charge in [-0.3, -0.25) is 4.99 Å². The lowest BCUT2D eigenvalue weighted by molar-refractivity contribution is 0.355. The third-order valence-corrected chi connectivity index (χ3v) is 5.84. The van der Waals surface area contributed by atoms with E-state index < -0.39 is 0 Å². The van der Waals surface area contributed by atoms with Crippen molar-refractivity contribution in [2.75, 3.05) is 28.4 Å². The van der Waals surface area contributed by atoms with Crippen molar-refractivity contribution in [3.05, 3.63) is 52.1 Å². The second-order valence-electron chi connectivity index (χ2n) is 7.47. The third kappa shape index (κ3) is 5.39. The van der Waals surface area contributed by atoms with Crippen LogP contribution in [0.15, 0.2) is 51.9 Å². The molecular weight excluding hydrogens is 438 g/mol. The van der Waals surface area contributed by atoms with Gasteiger partial charge in [-0.25, -0.2) is 4.68 Å². The summed E-state index contributed by atoms with van der Waals surface area (Å²) >= 11 is 1.55. The minimum Gasteiger partial charge on any atom is -0.497 e. The standard InChI is InChI=1S/C25H31N3O4S/c1-8-20(17-9-12-22(30-5)24(13-17)32-7)27-28-21(15-33-25(28)26-16(2)3)19-11-10-18(29-4)14-23(19)31-6/h9-16H,8H2,1-7H3. The Morgan fingerprint density at radius 1 is 0.909 bits per heavy atom. The molecule has 3 rings (SSSR count). The van der Waals surface area contributed by atoms with Crippen LogP contribution >= 0.6 is 11.3 Å². The van der Waals surface area contributed by atoms with Crippen LogP contribution in [0.2, 0.25) is 0 Å². The highest BCUT2D eigenvalue weighted by atomic mass is 32.1. The van der Waals surface area contributed by atoms with Gasteiger partial charge in [-0.1, -0.05) is 6.92 Å². The molecule has 0 radical (unpaired) electrons. The minimum atomic E-state index is 0.127. The number of hydrogen-bond donors (Lipinski definition) is 0. The van der Waals surface area contributed by atoms with Crippen molar-refractivity contribution in [3.8, 4) is 34.3 Å². The largest absolute Gasteiger partial charge is 0.497 e. The number of methoxy groups -OCH3 is 4. The lowest BCUT2D eigenvalue weighted by atomic mass is 10.1. The Bertz CT molecular complexity index is 1190. The number of thiazole rings is 1. The predicted molar refractivity (Wildman–Crippen MR) is 133 cm³/mol. The van der Waals surface area contributed by atoms with Crippen LogP contribution < -0.4 is 23.7 Å². The maximum absolute atomic E-state index is 5.66. The first kappa shape index (κ1) is 24.4. The van der Waals surface area contributed by atoms with E-state index in [2.05, 4.69) is 26.2 Å². The van der Waals surface area contributed by atoms with Gasteiger partial charge in [-0.05, 0) is 50.6 Å². The Balaban J connectivity index is 2.23. The molecule has 33 heavy (non-hydrogen) atoms. The fourth-order valence-corrected chi connectivity index (χ4v) is 4.33. The quantitative estimate of drug-likeness (QED) is 0.403. The van der Waals surface area contributed by atoms with Gasteiger partial charge < -0.3 is 18.9 Å². The summed E-state index contributed by atoms with van der Waals surface area (Å²) in [7, 11) is 6.55. The highest BCUT2D eigenvalue weighted by molar-refractivity contribution is 7.07. The number of hydrogen-bond acceptors (Lipinski definition) is 7. The van der Waals surface area contributed by atoms with Gasteiger partial charge in [0.15, 0.2) is 11.5 Å². The van der Waals surface area contributed by atoms with E-state index in [0.717, 1.165) is 39.5 Å². The van der Waals surface area contributed by atoms with Crippen molar-refractivity contribution in [3.63, 3.8) is 0 Å². The van der Waals surface area contributed by atoms with Crippen LogP contribution in [-0.2, 0) is 0 Å². The summed E-state index contributed by atoms with van der Waals surface area (Å²) in [6.07, 6.45) is 0.721. The second kappa shape index (κ2) is 11.0. The van der Waals surface area contributed by atoms with Crippen molar-refractivity contribution in [1.29, 1.82) is 0 Å². The first-order valence-corrected chi connectivity index (χ1v) is 11.6. The zero-order chi connectivity index (χ0) is 24.0. The molecule has 0 aliphatic rings. The van der Waals surface area contributed by atoms with Gasteiger partial charge in [-0.2, -0.15) is 5.10 Å². The van der Waals surface area contributed by atoms with Gasteiger partial charge in [0.25, 0.3) is 0 Å². The molecule has 0 fully saturated rings. The average Bonchev–Trinajstić information content (AvgIpc) is 3.22. The fraction of sp³-hybridized carbons (Fsp3) is 0.360. The predicted octanol–water partition coefficient (Wildman–Crippen LogP) is 5.22. The molecule has 0 saturated heterocycles. The summed E-state index contributed by atoms with van der Waals surface area (Å²) in [5.41, 5.74) is 3.65. The highest BCUT2D eigenvalue weighted by Crippen LogP contribution is 2.34. The molecule has 7 nitrogen and oxygen atoms in total. The fourth-order valence-electron chi connectivity index (χ4n) is 3.37. The Hall–Kier alpha value is -3.26. The summed E-state index contributed by atoms with van der Waals surface area (Å²) in [6, 6.07) is 11.7. The molecule has 8 heteroatoms. The zero-order valence-corrected chi connectivity index (χ0v) is 21.0. The summed E-state index contributed by atoms with van der Waals surface area (Å²) in [5.74, 6) is 2.78. The van der Waals surface area contributed by atoms with E-state index in [1.54, 1.807) is 39.8 Å². The minimum absolute atomic E-state index is 0.127. The van der Waals surface area contributed by atoms with Crippen LogP contribution in [0.1, 0.15) is 32.8 Å². The van der Waals surface area contributed by atoms with E-state index in [4.69, 9.17) is 29.0 Å². The molecule has 0 aliphatic heterocycles. The van der Waals surface area contributed by atoms with Crippen LogP contribution in [0, 0.1) is 0 Å². The maximum atomic E-state index is 5.66. The van der Waals surface area contributed by atoms with E-state index in [9.17, 15) is 0 Å². The molecule has 0 amide bonds. The molecule has 1 heterocycles. The van der Waals surface area contributed by atoms with Gasteiger partial charge in [0.1, 0.15) is 11.5 Å². The third-order valence-electron chi connectivity index (χ3n) is 5.01. The molecule has 0 unspecified atom stereocenters. The molecule has 0 bridgehead atoms. The average molecular weight is 470 g/mol. The smallest absolute Gasteiger partial charge is 0.206 e. The number of ether oxygens (including phenoxy) is 4. The summed E-state index contributed by atoms with van der Waals surface area (Å²) in [4.78, 5) is 5.61. The molecule has 176 valence electrons. The molecule has 0 atom stereocenters. The molecule has 0 N–H and O–H groups in total. The summed E-state index contributed by atoms with van der Waals surface area (Å²) in [5, 5.41) is 7.10. The van der Waals surface area contributed by atoms with Crippen LogP contribution in [0.25, 0.3) is 11.3 Å². The van der Waals surface area contributed by atoms with E-state index in [0.29, 0.717) is 17.2 Å². The Morgan fingerprint density at radius 3 is 2.24 bits per heavy atom. The molecule has 3 aromatic rings. The first-order chi connectivity index (χ1) is 15.9. The van der Waals surface area contributed by atoms with Crippen LogP contribution in [0.4, 0.5) is 0 Å². The highest BCUT2D eigenvalue weighted by Gasteiger charge is 2.16. The van der Waals surface area contributed by atoms with Crippen molar-refractivity contribution < 1.29 is 18.9 Å². The van der Waals surface area contributed by atoms with Gasteiger partial charge in [-0.15, -0.1) is 11.3 Å². The van der Waals surface area contributed by atoms with Gasteiger partial charge >= 0.3 is 0 Å². The number of benzene rings is 2. The molecule has 0 aliphatic carbocycles. The maximum Gasteiger partial charge on any atom is 0.206 e. The molecular formula is C25H31N3O4S. The van der Waals surface area contributed by atoms with Crippen molar-refractivity contribution >= 4 is 17.0 Å². The lowest BCUT2D eigenvalue weighted by Crippen LogP contribution is -2.17. The summed E-state index contributed by atoms with van der Waals surface area (Å²) in [6.45, 7) is 6.18. The lowest BCUT2D eigenvalue weighted by Gasteiger charge is -2.13. The van der Waals surface area contributed by atoms with Gasteiger partial charge in [0, 0.05) is 28.6 Å². The van der Waals surface area contributed by atoms with Crippen molar-refractivity contribution in [2.45, 2.75) is 33.2 Å². The van der Waals surface area contributed by atoms with Crippen molar-refractivity contribution in [2.24, 2.45) is 10.1 Å². The van der Waals surface area contributed by atoms with Crippen LogP contribution in [0.5, 0.6) is 23.0 Å². The van der Waals surface area contributed by atoms with E-state index in [-0.39, 0.29) is 6.04 Å². The van der Waals surface area contributed by atoms with E-state index >= 15 is 0 Å². The van der Waals surface area contributed by atoms with Gasteiger partial charge in [0.2, 0.25) is 4.80 Å². The molecule has 0 saturated carbocycles. The SMILES string of the molecule is CCC(=Nn1c(-c2ccc(OC)cc2OC)csc1=NC(C)C)c1ccc(OC)c(OC)c1. The zero-order valence-electron chi connectivity index (χ0n) is 20.2.